The molecule has 10 heteroatoms. The maximum absolute atomic E-state index is 13.7. The Balaban J connectivity index is 1.43. The number of sulfonamides is 1. The van der Waals surface area contributed by atoms with Crippen LogP contribution < -0.4 is 14.4 Å². The lowest BCUT2D eigenvalue weighted by molar-refractivity contribution is -0.0309. The third-order valence-corrected chi connectivity index (χ3v) is 12.9. The number of amides is 1. The van der Waals surface area contributed by atoms with E-state index in [1.807, 2.05) is 25.1 Å². The molecule has 2 bridgehead atoms. The van der Waals surface area contributed by atoms with Crippen molar-refractivity contribution in [2.75, 3.05) is 44.9 Å². The summed E-state index contributed by atoms with van der Waals surface area (Å²) in [5.74, 6) is 0.382. The molecule has 6 atom stereocenters. The number of hydrogen-bond acceptors (Lipinski definition) is 7. The zero-order valence-electron chi connectivity index (χ0n) is 27.7. The average Bonchev–Trinajstić information content (AvgIpc) is 3.15. The summed E-state index contributed by atoms with van der Waals surface area (Å²) in [6.07, 6.45) is 9.61. The van der Waals surface area contributed by atoms with E-state index >= 15 is 0 Å². The Morgan fingerprint density at radius 3 is 2.77 bits per heavy atom. The van der Waals surface area contributed by atoms with Crippen LogP contribution in [0.25, 0.3) is 0 Å². The average molecular weight is 683 g/mol. The van der Waals surface area contributed by atoms with Gasteiger partial charge in [0.25, 0.3) is 5.91 Å². The molecule has 2 heterocycles. The van der Waals surface area contributed by atoms with Crippen LogP contribution in [0.15, 0.2) is 60.7 Å². The molecule has 1 amide bonds. The van der Waals surface area contributed by atoms with Gasteiger partial charge in [0.2, 0.25) is 10.0 Å². The van der Waals surface area contributed by atoms with E-state index in [2.05, 4.69) is 34.4 Å². The van der Waals surface area contributed by atoms with Gasteiger partial charge in [-0.05, 0) is 105 Å². The minimum Gasteiger partial charge on any atom is -0.490 e. The van der Waals surface area contributed by atoms with Crippen LogP contribution in [-0.4, -0.2) is 65.7 Å². The highest BCUT2D eigenvalue weighted by Gasteiger charge is 2.45. The number of carbonyl (C=O) groups excluding carboxylic acids is 1. The molecule has 2 aromatic rings. The van der Waals surface area contributed by atoms with Crippen LogP contribution in [-0.2, 0) is 31.3 Å². The molecule has 8 nitrogen and oxygen atoms in total. The summed E-state index contributed by atoms with van der Waals surface area (Å²) >= 11 is 6.44. The molecule has 2 aliphatic heterocycles. The van der Waals surface area contributed by atoms with Crippen LogP contribution in [0.2, 0.25) is 5.02 Å². The Morgan fingerprint density at radius 2 is 2.02 bits per heavy atom. The molecule has 47 heavy (non-hydrogen) atoms. The number of aryl methyl sites for hydroxylation is 1. The number of halogens is 1. The summed E-state index contributed by atoms with van der Waals surface area (Å²) in [5.41, 5.74) is 3.84. The van der Waals surface area contributed by atoms with Gasteiger partial charge in [0.05, 0.1) is 31.6 Å². The van der Waals surface area contributed by atoms with E-state index < -0.39 is 21.2 Å². The monoisotopic (exact) mass is 682 g/mol. The highest BCUT2D eigenvalue weighted by atomic mass is 35.5. The van der Waals surface area contributed by atoms with Gasteiger partial charge in [-0.1, -0.05) is 48.9 Å². The number of rotatable bonds is 5. The smallest absolute Gasteiger partial charge is 0.264 e. The zero-order chi connectivity index (χ0) is 33.3. The van der Waals surface area contributed by atoms with Crippen LogP contribution in [0.4, 0.5) is 5.69 Å². The molecule has 1 spiro atoms. The summed E-state index contributed by atoms with van der Waals surface area (Å²) in [4.78, 5) is 16.0. The summed E-state index contributed by atoms with van der Waals surface area (Å²) in [6.45, 7) is 10.5. The summed E-state index contributed by atoms with van der Waals surface area (Å²) in [6, 6.07) is 11.5. The molecule has 0 saturated heterocycles. The van der Waals surface area contributed by atoms with Crippen molar-refractivity contribution >= 4 is 33.2 Å². The lowest BCUT2D eigenvalue weighted by atomic mass is 9.68. The molecule has 1 fully saturated rings. The topological polar surface area (TPSA) is 94.2 Å². The molecular weight excluding hydrogens is 636 g/mol. The van der Waals surface area contributed by atoms with Crippen molar-refractivity contribution in [3.05, 3.63) is 82.4 Å². The minimum absolute atomic E-state index is 0.121. The summed E-state index contributed by atoms with van der Waals surface area (Å²) in [7, 11) is -2.40. The van der Waals surface area contributed by atoms with Crippen LogP contribution >= 0.6 is 11.6 Å². The molecule has 1 N–H and O–H groups in total. The van der Waals surface area contributed by atoms with E-state index in [4.69, 9.17) is 25.8 Å². The van der Waals surface area contributed by atoms with Gasteiger partial charge in [0.1, 0.15) is 11.0 Å². The number of allylic oxidation sites excluding steroid dienone is 1. The van der Waals surface area contributed by atoms with Crippen molar-refractivity contribution in [2.24, 2.45) is 17.8 Å². The van der Waals surface area contributed by atoms with Crippen LogP contribution in [0.3, 0.4) is 0 Å². The van der Waals surface area contributed by atoms with Crippen LogP contribution in [0.1, 0.15) is 67.4 Å². The van der Waals surface area contributed by atoms with E-state index in [1.165, 1.54) is 11.1 Å². The summed E-state index contributed by atoms with van der Waals surface area (Å²) in [5, 5.41) is -0.198. The van der Waals surface area contributed by atoms with Crippen molar-refractivity contribution < 1.29 is 27.4 Å². The fourth-order valence-electron chi connectivity index (χ4n) is 8.24. The Bertz CT molecular complexity index is 1640. The van der Waals surface area contributed by atoms with Gasteiger partial charge >= 0.3 is 0 Å². The molecule has 2 aliphatic carbocycles. The molecule has 2 aromatic carbocycles. The Labute approximate surface area is 284 Å². The van der Waals surface area contributed by atoms with Gasteiger partial charge in [0, 0.05) is 36.2 Å². The third-order valence-electron chi connectivity index (χ3n) is 10.7. The predicted molar refractivity (Wildman–Crippen MR) is 186 cm³/mol. The second kappa shape index (κ2) is 13.9. The fourth-order valence-corrected chi connectivity index (χ4v) is 10.2. The predicted octanol–water partition coefficient (Wildman–Crippen LogP) is 6.47. The summed E-state index contributed by atoms with van der Waals surface area (Å²) < 4.78 is 48.1. The highest BCUT2D eigenvalue weighted by Crippen LogP contribution is 2.47. The number of nitrogens with one attached hydrogen (secondary N) is 1. The van der Waals surface area contributed by atoms with E-state index in [9.17, 15) is 13.2 Å². The van der Waals surface area contributed by atoms with Crippen molar-refractivity contribution in [3.8, 4) is 5.75 Å². The lowest BCUT2D eigenvalue weighted by Gasteiger charge is -2.46. The molecule has 4 aliphatic rings. The number of ether oxygens (including phenoxy) is 3. The standard InChI is InChI=1S/C37H47ClN2O6S/c1-24(2)35-25(3)7-5-9-33(45-18-17-44-4)30-13-10-28(30)21-40-22-37(16-6-8-26-19-29(38)12-14-31(26)37)23-46-34-15-11-27(20-32(34)40)36(41)39-47(35,42)43/h5,9,11-12,14-15,19-20,25,28,30,33,35H,1,6-8,10,13,16-18,21-23H2,2-4H3,(H,39,41)/b9-5+/t25-,28-,30+,33-,35+,37-/m0/s1. The van der Waals surface area contributed by atoms with E-state index in [-0.39, 0.29) is 23.0 Å². The maximum atomic E-state index is 13.7. The molecule has 0 unspecified atom stereocenters. The van der Waals surface area contributed by atoms with Gasteiger partial charge < -0.3 is 19.1 Å². The number of benzene rings is 2. The van der Waals surface area contributed by atoms with Crippen molar-refractivity contribution in [3.63, 3.8) is 0 Å². The SMILES string of the molecule is C=C(C)[C@@H]1[C@@H](C)C/C=C/[C@H](OCCOC)[C@@H]2CC[C@H]2CN2C[C@@]3(CCCc4cc(Cl)ccc43)COc3ccc(cc32)C(=O)NS1(=O)=O. The maximum Gasteiger partial charge on any atom is 0.264 e. The number of methoxy groups -OCH3 is 1. The molecule has 0 radical (unpaired) electrons. The normalized spacial score (nSPS) is 30.9. The van der Waals surface area contributed by atoms with Gasteiger partial charge in [-0.2, -0.15) is 0 Å². The van der Waals surface area contributed by atoms with E-state index in [1.54, 1.807) is 26.2 Å². The lowest BCUT2D eigenvalue weighted by Crippen LogP contribution is -2.49. The molecule has 0 aromatic heterocycles. The van der Waals surface area contributed by atoms with E-state index in [0.29, 0.717) is 55.9 Å². The van der Waals surface area contributed by atoms with E-state index in [0.717, 1.165) is 49.4 Å². The number of carbonyl (C=O) groups is 1. The first-order valence-corrected chi connectivity index (χ1v) is 18.7. The number of nitrogens with zero attached hydrogens (tertiary/aromatic N) is 1. The first-order chi connectivity index (χ1) is 22.5. The van der Waals surface area contributed by atoms with Gasteiger partial charge in [-0.25, -0.2) is 13.1 Å². The highest BCUT2D eigenvalue weighted by molar-refractivity contribution is 7.90. The van der Waals surface area contributed by atoms with Gasteiger partial charge in [-0.3, -0.25) is 4.79 Å². The molecule has 254 valence electrons. The van der Waals surface area contributed by atoms with Crippen molar-refractivity contribution in [1.29, 1.82) is 0 Å². The van der Waals surface area contributed by atoms with Gasteiger partial charge in [-0.15, -0.1) is 0 Å². The molecule has 1 saturated carbocycles. The van der Waals surface area contributed by atoms with Crippen molar-refractivity contribution in [2.45, 2.75) is 69.1 Å². The van der Waals surface area contributed by atoms with Crippen LogP contribution in [0, 0.1) is 17.8 Å². The van der Waals surface area contributed by atoms with Crippen LogP contribution in [0.5, 0.6) is 5.75 Å². The Hall–Kier alpha value is -2.85. The Kier molecular flexibility index (Phi) is 10.1. The molecular formula is C37H47ClN2O6S. The number of hydrogen-bond donors (Lipinski definition) is 1. The zero-order valence-corrected chi connectivity index (χ0v) is 29.2. The van der Waals surface area contributed by atoms with Gasteiger partial charge in [0.15, 0.2) is 0 Å². The third kappa shape index (κ3) is 7.00. The second-order valence-electron chi connectivity index (χ2n) is 14.0. The molecule has 6 rings (SSSR count). The minimum atomic E-state index is -4.07. The second-order valence-corrected chi connectivity index (χ2v) is 16.2. The largest absolute Gasteiger partial charge is 0.490 e. The van der Waals surface area contributed by atoms with Crippen molar-refractivity contribution in [1.82, 2.24) is 4.72 Å². The fraction of sp³-hybridized carbons (Fsp3) is 0.541. The number of anilines is 1. The first kappa shape index (κ1) is 34.0. The first-order valence-electron chi connectivity index (χ1n) is 16.8. The number of fused-ring (bicyclic) bond motifs is 4. The quantitative estimate of drug-likeness (QED) is 0.285. The Morgan fingerprint density at radius 1 is 1.19 bits per heavy atom.